The van der Waals surface area contributed by atoms with Crippen LogP contribution in [0.5, 0.6) is 0 Å². The molecular weight excluding hydrogens is 359 g/mol. The molecule has 2 bridgehead atoms. The Morgan fingerprint density at radius 2 is 2.09 bits per heavy atom. The van der Waals surface area contributed by atoms with E-state index in [2.05, 4.69) is 56.3 Å². The van der Waals surface area contributed by atoms with Crippen LogP contribution in [-0.2, 0) is 3.82 Å². The second-order valence-corrected chi connectivity index (χ2v) is 15.4. The topological polar surface area (TPSA) is 9.23 Å². The van der Waals surface area contributed by atoms with E-state index < -0.39 is 12.3 Å². The van der Waals surface area contributed by atoms with Crippen molar-refractivity contribution in [3.8, 4) is 0 Å². The molecule has 1 nitrogen and oxygen atoms in total. The Balaban J connectivity index is 1.49. The van der Waals surface area contributed by atoms with Crippen molar-refractivity contribution in [1.82, 2.24) is 0 Å². The van der Waals surface area contributed by atoms with Crippen LogP contribution in [0.1, 0.15) is 38.7 Å². The van der Waals surface area contributed by atoms with Gasteiger partial charge >= 0.3 is 141 Å². The fraction of sp³-hybridized carbons (Fsp3) is 0.579. The summed E-state index contributed by atoms with van der Waals surface area (Å²) in [5.74, 6) is 0.857. The maximum atomic E-state index is 7.04. The van der Waals surface area contributed by atoms with Crippen molar-refractivity contribution in [3.63, 3.8) is 0 Å². The minimum absolute atomic E-state index is 0.389. The van der Waals surface area contributed by atoms with E-state index in [4.69, 9.17) is 13.9 Å². The van der Waals surface area contributed by atoms with Crippen LogP contribution in [0, 0.1) is 16.7 Å². The number of fused-ring (bicyclic) bond motifs is 1. The Kier molecular flexibility index (Phi) is 3.55. The molecule has 1 aliphatic heterocycles. The van der Waals surface area contributed by atoms with E-state index in [0.717, 1.165) is 11.2 Å². The molecule has 1 aromatic carbocycles. The third kappa shape index (κ3) is 2.15. The van der Waals surface area contributed by atoms with Crippen LogP contribution in [0.15, 0.2) is 36.4 Å². The zero-order valence-electron chi connectivity index (χ0n) is 13.4. The first-order valence-electron chi connectivity index (χ1n) is 8.33. The van der Waals surface area contributed by atoms with Crippen molar-refractivity contribution in [3.05, 3.63) is 42.0 Å². The number of rotatable bonds is 3. The molecule has 2 aliphatic carbocycles. The summed E-state index contributed by atoms with van der Waals surface area (Å²) in [5.41, 5.74) is 2.06. The van der Waals surface area contributed by atoms with Crippen molar-refractivity contribution in [1.29, 1.82) is 0 Å². The molecule has 0 radical (unpaired) electrons. The number of halogens is 1. The van der Waals surface area contributed by atoms with Gasteiger partial charge < -0.3 is 0 Å². The summed E-state index contributed by atoms with van der Waals surface area (Å²) >= 11 is -2.31. The molecule has 3 aliphatic rings. The molecule has 3 heteroatoms. The van der Waals surface area contributed by atoms with Gasteiger partial charge in [-0.3, -0.25) is 0 Å². The molecule has 1 heterocycles. The number of benzene rings is 1. The molecule has 22 heavy (non-hydrogen) atoms. The van der Waals surface area contributed by atoms with Gasteiger partial charge in [0.15, 0.2) is 0 Å². The Morgan fingerprint density at radius 3 is 2.77 bits per heavy atom. The van der Waals surface area contributed by atoms with Gasteiger partial charge in [0.05, 0.1) is 0 Å². The molecule has 1 saturated heterocycles. The van der Waals surface area contributed by atoms with Crippen LogP contribution in [0.4, 0.5) is 0 Å². The van der Waals surface area contributed by atoms with E-state index in [-0.39, 0.29) is 0 Å². The van der Waals surface area contributed by atoms with Gasteiger partial charge in [-0.25, -0.2) is 0 Å². The summed E-state index contributed by atoms with van der Waals surface area (Å²) in [6.07, 6.45) is 8.87. The SMILES string of the molecule is CC1(C)[C@@H]2CC[C@]13C[Se@@](Cl)(C/C=C/c1ccccc1)O[C@@H]3C2. The monoisotopic (exact) mass is 384 g/mol. The number of hydrogen-bond acceptors (Lipinski definition) is 1. The van der Waals surface area contributed by atoms with Gasteiger partial charge in [0.2, 0.25) is 0 Å². The molecule has 1 spiro atoms. The minimum atomic E-state index is -2.31. The standard InChI is InChI=1S/C19H25ClOSe/c1-18(2)16-10-11-19(18)14-22(20,21-17(19)13-16)12-6-9-15-7-4-3-5-8-15/h3-9,16-17H,10-14H2,1-2H3/b9-6+/t16-,17-,19-/m1/s1. The normalized spacial score (nSPS) is 42.1. The summed E-state index contributed by atoms with van der Waals surface area (Å²) in [6.45, 7) is 4.93. The van der Waals surface area contributed by atoms with Crippen molar-refractivity contribution < 1.29 is 3.82 Å². The van der Waals surface area contributed by atoms with Crippen molar-refractivity contribution in [2.45, 2.75) is 49.9 Å². The van der Waals surface area contributed by atoms with E-state index in [1.165, 1.54) is 30.1 Å². The Morgan fingerprint density at radius 1 is 1.32 bits per heavy atom. The van der Waals surface area contributed by atoms with E-state index >= 15 is 0 Å². The predicted molar refractivity (Wildman–Crippen MR) is 95.1 cm³/mol. The zero-order chi connectivity index (χ0) is 15.4. The average Bonchev–Trinajstić information content (AvgIpc) is 2.99. The molecule has 0 unspecified atom stereocenters. The van der Waals surface area contributed by atoms with Gasteiger partial charge in [-0.15, -0.1) is 0 Å². The van der Waals surface area contributed by atoms with E-state index in [9.17, 15) is 0 Å². The fourth-order valence-corrected chi connectivity index (χ4v) is 12.8. The molecular formula is C19H25ClOSe. The second kappa shape index (κ2) is 5.11. The van der Waals surface area contributed by atoms with Crippen LogP contribution in [0.2, 0.25) is 10.6 Å². The molecule has 4 atom stereocenters. The van der Waals surface area contributed by atoms with Gasteiger partial charge in [-0.2, -0.15) is 0 Å². The second-order valence-electron chi connectivity index (χ2n) is 7.78. The van der Waals surface area contributed by atoms with Crippen molar-refractivity contribution in [2.75, 3.05) is 0 Å². The molecule has 3 fully saturated rings. The van der Waals surface area contributed by atoms with Crippen LogP contribution in [0.25, 0.3) is 6.08 Å². The third-order valence-corrected chi connectivity index (χ3v) is 12.8. The van der Waals surface area contributed by atoms with Crippen LogP contribution in [-0.4, -0.2) is 18.4 Å². The Labute approximate surface area is 140 Å². The molecule has 0 aromatic heterocycles. The van der Waals surface area contributed by atoms with Crippen LogP contribution in [0.3, 0.4) is 0 Å². The first-order chi connectivity index (χ1) is 10.5. The van der Waals surface area contributed by atoms with Gasteiger partial charge in [-0.1, -0.05) is 0 Å². The molecule has 0 N–H and O–H groups in total. The number of allylic oxidation sites excluding steroid dienone is 1. The van der Waals surface area contributed by atoms with Crippen LogP contribution >= 0.6 is 10.1 Å². The summed E-state index contributed by atoms with van der Waals surface area (Å²) < 4.78 is 6.54. The summed E-state index contributed by atoms with van der Waals surface area (Å²) in [5, 5.41) is 2.12. The summed E-state index contributed by atoms with van der Waals surface area (Å²) in [6, 6.07) is 10.5. The first-order valence-corrected chi connectivity index (χ1v) is 13.7. The predicted octanol–water partition coefficient (Wildman–Crippen LogP) is 5.61. The summed E-state index contributed by atoms with van der Waals surface area (Å²) in [4.78, 5) is 0. The van der Waals surface area contributed by atoms with Gasteiger partial charge in [0, 0.05) is 0 Å². The van der Waals surface area contributed by atoms with Gasteiger partial charge in [-0.05, 0) is 0 Å². The third-order valence-electron chi connectivity index (χ3n) is 6.57. The average molecular weight is 384 g/mol. The Hall–Kier alpha value is -0.271. The Bertz CT molecular complexity index is 599. The van der Waals surface area contributed by atoms with Crippen molar-refractivity contribution in [2.24, 2.45) is 16.7 Å². The van der Waals surface area contributed by atoms with Crippen molar-refractivity contribution >= 4 is 28.4 Å². The quantitative estimate of drug-likeness (QED) is 0.617. The maximum absolute atomic E-state index is 7.04. The molecule has 4 rings (SSSR count). The number of hydrogen-bond donors (Lipinski definition) is 0. The first kappa shape index (κ1) is 15.3. The molecule has 120 valence electrons. The van der Waals surface area contributed by atoms with Gasteiger partial charge in [0.25, 0.3) is 0 Å². The van der Waals surface area contributed by atoms with E-state index in [0.29, 0.717) is 16.9 Å². The molecule has 1 aromatic rings. The van der Waals surface area contributed by atoms with Gasteiger partial charge in [0.1, 0.15) is 0 Å². The summed E-state index contributed by atoms with van der Waals surface area (Å²) in [7, 11) is 7.04. The van der Waals surface area contributed by atoms with E-state index in [1.807, 2.05) is 0 Å². The van der Waals surface area contributed by atoms with Crippen LogP contribution < -0.4 is 0 Å². The van der Waals surface area contributed by atoms with E-state index in [1.54, 1.807) is 0 Å². The fourth-order valence-electron chi connectivity index (χ4n) is 5.09. The molecule has 0 amide bonds. The molecule has 2 saturated carbocycles. The zero-order valence-corrected chi connectivity index (χ0v) is 15.9.